The van der Waals surface area contributed by atoms with Crippen molar-refractivity contribution < 1.29 is 17.6 Å². The van der Waals surface area contributed by atoms with Crippen molar-refractivity contribution >= 4 is 27.3 Å². The van der Waals surface area contributed by atoms with E-state index < -0.39 is 9.84 Å². The molecule has 1 aromatic heterocycles. The lowest BCUT2D eigenvalue weighted by molar-refractivity contribution is 0.340. The number of sulfone groups is 1. The van der Waals surface area contributed by atoms with Gasteiger partial charge in [-0.25, -0.2) is 8.42 Å². The molecule has 6 nitrogen and oxygen atoms in total. The van der Waals surface area contributed by atoms with Gasteiger partial charge < -0.3 is 14.1 Å². The van der Waals surface area contributed by atoms with Gasteiger partial charge in [0.15, 0.2) is 0 Å². The molecule has 8 heteroatoms. The van der Waals surface area contributed by atoms with Crippen molar-refractivity contribution in [1.29, 1.82) is 0 Å². The van der Waals surface area contributed by atoms with E-state index in [1.54, 1.807) is 36.2 Å². The first-order valence-corrected chi connectivity index (χ1v) is 12.2. The number of rotatable bonds is 8. The molecule has 0 saturated carbocycles. The molecule has 0 N–H and O–H groups in total. The maximum atomic E-state index is 13.5. The third-order valence-electron chi connectivity index (χ3n) is 4.98. The Kier molecular flexibility index (Phi) is 6.72. The molecule has 0 saturated heterocycles. The third kappa shape index (κ3) is 5.05. The topological polar surface area (TPSA) is 72.6 Å². The van der Waals surface area contributed by atoms with Crippen LogP contribution < -0.4 is 9.64 Å². The van der Waals surface area contributed by atoms with Crippen LogP contribution in [0.4, 0.5) is 5.88 Å². The van der Waals surface area contributed by atoms with Crippen LogP contribution in [0.2, 0.25) is 5.02 Å². The normalized spacial score (nSPS) is 11.4. The van der Waals surface area contributed by atoms with E-state index in [1.165, 1.54) is 24.3 Å². The molecule has 0 fully saturated rings. The monoisotopic (exact) mass is 482 g/mol. The van der Waals surface area contributed by atoms with Crippen molar-refractivity contribution in [2.45, 2.75) is 23.4 Å². The molecule has 0 aliphatic heterocycles. The largest absolute Gasteiger partial charge is 0.494 e. The highest BCUT2D eigenvalue weighted by atomic mass is 35.5. The fraction of sp³-hybridized carbons (Fsp3) is 0.160. The summed E-state index contributed by atoms with van der Waals surface area (Å²) in [7, 11) is -2.18. The number of anilines is 1. The first kappa shape index (κ1) is 22.9. The summed E-state index contributed by atoms with van der Waals surface area (Å²) in [5.74, 6) is 1.08. The van der Waals surface area contributed by atoms with Crippen molar-refractivity contribution in [3.63, 3.8) is 0 Å². The Morgan fingerprint density at radius 1 is 0.970 bits per heavy atom. The number of benzene rings is 3. The summed E-state index contributed by atoms with van der Waals surface area (Å²) in [6.07, 6.45) is 0. The maximum absolute atomic E-state index is 13.5. The molecular formula is C25H23ClN2O4S. The average molecular weight is 483 g/mol. The lowest BCUT2D eigenvalue weighted by Crippen LogP contribution is -2.18. The second-order valence-corrected chi connectivity index (χ2v) is 9.69. The van der Waals surface area contributed by atoms with Gasteiger partial charge in [-0.15, -0.1) is 0 Å². The summed E-state index contributed by atoms with van der Waals surface area (Å²) in [5.41, 5.74) is 1.65. The molecule has 0 aliphatic carbocycles. The molecule has 0 amide bonds. The molecule has 4 rings (SSSR count). The lowest BCUT2D eigenvalue weighted by atomic mass is 10.2. The molecule has 170 valence electrons. The fourth-order valence-corrected chi connectivity index (χ4v) is 4.83. The molecule has 0 aliphatic rings. The summed E-state index contributed by atoms with van der Waals surface area (Å²) >= 11 is 5.95. The van der Waals surface area contributed by atoms with Gasteiger partial charge >= 0.3 is 0 Å². The number of hydrogen-bond donors (Lipinski definition) is 0. The molecule has 0 atom stereocenters. The van der Waals surface area contributed by atoms with Crippen molar-refractivity contribution in [3.8, 4) is 17.2 Å². The second-order valence-electron chi connectivity index (χ2n) is 7.39. The van der Waals surface area contributed by atoms with E-state index in [4.69, 9.17) is 20.8 Å². The Morgan fingerprint density at radius 3 is 2.27 bits per heavy atom. The molecule has 0 bridgehead atoms. The number of ether oxygens (including phenoxy) is 1. The predicted molar refractivity (Wildman–Crippen MR) is 129 cm³/mol. The molecular weight excluding hydrogens is 460 g/mol. The Morgan fingerprint density at radius 2 is 1.64 bits per heavy atom. The van der Waals surface area contributed by atoms with Crippen LogP contribution in [0.1, 0.15) is 12.5 Å². The Hall–Kier alpha value is -3.29. The Bertz CT molecular complexity index is 1320. The van der Waals surface area contributed by atoms with Crippen molar-refractivity contribution in [2.75, 3.05) is 18.6 Å². The molecule has 3 aromatic carbocycles. The van der Waals surface area contributed by atoms with E-state index in [0.29, 0.717) is 29.5 Å². The third-order valence-corrected chi connectivity index (χ3v) is 6.90. The molecule has 1 heterocycles. The Balaban J connectivity index is 1.78. The zero-order valence-corrected chi connectivity index (χ0v) is 19.8. The number of halogens is 1. The van der Waals surface area contributed by atoms with E-state index in [0.717, 1.165) is 5.56 Å². The highest BCUT2D eigenvalue weighted by molar-refractivity contribution is 7.91. The van der Waals surface area contributed by atoms with Gasteiger partial charge in [-0.1, -0.05) is 41.9 Å². The van der Waals surface area contributed by atoms with Crippen LogP contribution in [0.5, 0.6) is 5.75 Å². The van der Waals surface area contributed by atoms with Crippen molar-refractivity contribution in [1.82, 2.24) is 4.98 Å². The van der Waals surface area contributed by atoms with Crippen molar-refractivity contribution in [2.24, 2.45) is 0 Å². The highest BCUT2D eigenvalue weighted by Gasteiger charge is 2.30. The smallest absolute Gasteiger partial charge is 0.236 e. The van der Waals surface area contributed by atoms with Gasteiger partial charge in [0.1, 0.15) is 5.75 Å². The molecule has 0 radical (unpaired) electrons. The lowest BCUT2D eigenvalue weighted by Gasteiger charge is -2.17. The van der Waals surface area contributed by atoms with E-state index in [2.05, 4.69) is 4.98 Å². The zero-order chi connectivity index (χ0) is 23.4. The predicted octanol–water partition coefficient (Wildman–Crippen LogP) is 5.86. The summed E-state index contributed by atoms with van der Waals surface area (Å²) in [6, 6.07) is 22.9. The van der Waals surface area contributed by atoms with Crippen LogP contribution in [-0.4, -0.2) is 27.1 Å². The zero-order valence-electron chi connectivity index (χ0n) is 18.2. The minimum atomic E-state index is -3.96. The van der Waals surface area contributed by atoms with Crippen LogP contribution in [0.3, 0.4) is 0 Å². The number of aromatic nitrogens is 1. The van der Waals surface area contributed by atoms with Crippen molar-refractivity contribution in [3.05, 3.63) is 89.4 Å². The summed E-state index contributed by atoms with van der Waals surface area (Å²) in [5, 5.41) is 0.303. The van der Waals surface area contributed by atoms with E-state index in [9.17, 15) is 8.42 Å². The van der Waals surface area contributed by atoms with Gasteiger partial charge in [-0.2, -0.15) is 4.98 Å². The van der Waals surface area contributed by atoms with Gasteiger partial charge in [0.25, 0.3) is 0 Å². The quantitative estimate of drug-likeness (QED) is 0.313. The maximum Gasteiger partial charge on any atom is 0.236 e. The average Bonchev–Trinajstić information content (AvgIpc) is 3.27. The van der Waals surface area contributed by atoms with Gasteiger partial charge in [0.05, 0.1) is 11.5 Å². The molecule has 0 spiro atoms. The molecule has 0 unspecified atom stereocenters. The fourth-order valence-electron chi connectivity index (χ4n) is 3.35. The number of hydrogen-bond acceptors (Lipinski definition) is 6. The summed E-state index contributed by atoms with van der Waals surface area (Å²) in [4.78, 5) is 6.25. The first-order chi connectivity index (χ1) is 15.9. The van der Waals surface area contributed by atoms with Gasteiger partial charge in [-0.3, -0.25) is 0 Å². The minimum Gasteiger partial charge on any atom is -0.494 e. The van der Waals surface area contributed by atoms with Crippen LogP contribution in [-0.2, 0) is 16.4 Å². The van der Waals surface area contributed by atoms with E-state index >= 15 is 0 Å². The standard InChI is InChI=1S/C25H23ClN2O4S/c1-3-31-21-13-9-19(10-14-21)23-27-24(33(29,30)22-15-11-20(26)12-16-22)25(32-23)28(2)17-18-7-5-4-6-8-18/h4-16H,3,17H2,1-2H3. The molecule has 33 heavy (non-hydrogen) atoms. The van der Waals surface area contributed by atoms with E-state index in [-0.39, 0.29) is 21.7 Å². The first-order valence-electron chi connectivity index (χ1n) is 10.4. The van der Waals surface area contributed by atoms with Gasteiger partial charge in [-0.05, 0) is 61.0 Å². The highest BCUT2D eigenvalue weighted by Crippen LogP contribution is 2.35. The molecule has 4 aromatic rings. The van der Waals surface area contributed by atoms with Crippen LogP contribution >= 0.6 is 11.6 Å². The van der Waals surface area contributed by atoms with Crippen LogP contribution in [0.15, 0.2) is 93.2 Å². The van der Waals surface area contributed by atoms with Gasteiger partial charge in [0.2, 0.25) is 26.6 Å². The number of oxazole rings is 1. The Labute approximate surface area is 198 Å². The second kappa shape index (κ2) is 9.68. The minimum absolute atomic E-state index is 0.0906. The summed E-state index contributed by atoms with van der Waals surface area (Å²) < 4.78 is 38.5. The SMILES string of the molecule is CCOc1ccc(-c2nc(S(=O)(=O)c3ccc(Cl)cc3)c(N(C)Cc3ccccc3)o2)cc1. The van der Waals surface area contributed by atoms with E-state index in [1.807, 2.05) is 37.3 Å². The van der Waals surface area contributed by atoms with Gasteiger partial charge in [0, 0.05) is 24.2 Å². The van der Waals surface area contributed by atoms with Crippen LogP contribution in [0.25, 0.3) is 11.5 Å². The number of nitrogens with zero attached hydrogens (tertiary/aromatic N) is 2. The summed E-state index contributed by atoms with van der Waals surface area (Å²) in [6.45, 7) is 2.91. The van der Waals surface area contributed by atoms with Crippen LogP contribution in [0, 0.1) is 0 Å².